The highest BCUT2D eigenvalue weighted by atomic mass is 35.5. The molecule has 2 heterocycles. The molecule has 0 bridgehead atoms. The Morgan fingerprint density at radius 2 is 1.82 bits per heavy atom. The highest BCUT2D eigenvalue weighted by Crippen LogP contribution is 2.29. The van der Waals surface area contributed by atoms with E-state index in [9.17, 15) is 9.18 Å². The zero-order valence-electron chi connectivity index (χ0n) is 14.7. The number of aromatic nitrogens is 2. The zero-order valence-corrected chi connectivity index (χ0v) is 16.3. The number of aryl methyl sites for hydroxylation is 1. The maximum Gasteiger partial charge on any atom is 0.281 e. The van der Waals surface area contributed by atoms with Crippen molar-refractivity contribution >= 4 is 46.6 Å². The lowest BCUT2D eigenvalue weighted by atomic mass is 10.2. The molecule has 3 aromatic rings. The molecule has 28 heavy (non-hydrogen) atoms. The molecule has 1 N–H and O–H groups in total. The molecule has 4 rings (SSSR count). The van der Waals surface area contributed by atoms with Crippen LogP contribution in [0, 0.1) is 12.7 Å². The number of nitrogens with zero attached hydrogens (tertiary/aromatic N) is 3. The number of carbonyl (C=O) groups is 1. The number of rotatable bonds is 3. The van der Waals surface area contributed by atoms with E-state index in [4.69, 9.17) is 23.8 Å². The van der Waals surface area contributed by atoms with Crippen molar-refractivity contribution in [3.8, 4) is 5.69 Å². The molecule has 0 atom stereocenters. The van der Waals surface area contributed by atoms with Crippen LogP contribution < -0.4 is 10.2 Å². The summed E-state index contributed by atoms with van der Waals surface area (Å²) in [5, 5.41) is 7.75. The lowest BCUT2D eigenvalue weighted by Gasteiger charge is -2.14. The second-order valence-corrected chi connectivity index (χ2v) is 6.86. The number of nitrogens with one attached hydrogen (secondary N) is 1. The van der Waals surface area contributed by atoms with Crippen LogP contribution in [-0.4, -0.2) is 20.8 Å². The van der Waals surface area contributed by atoms with E-state index in [0.717, 1.165) is 10.6 Å². The molecule has 0 radical (unpaired) electrons. The van der Waals surface area contributed by atoms with Gasteiger partial charge >= 0.3 is 0 Å². The third-order valence-electron chi connectivity index (χ3n) is 4.31. The first-order valence-electron chi connectivity index (χ1n) is 8.39. The molecule has 8 heteroatoms. The van der Waals surface area contributed by atoms with Gasteiger partial charge in [0, 0.05) is 5.56 Å². The molecule has 1 aliphatic rings. The maximum absolute atomic E-state index is 14.1. The van der Waals surface area contributed by atoms with Crippen molar-refractivity contribution in [2.75, 3.05) is 4.90 Å². The van der Waals surface area contributed by atoms with Crippen LogP contribution >= 0.6 is 23.8 Å². The Kier molecular flexibility index (Phi) is 4.70. The Bertz CT molecular complexity index is 1130. The fraction of sp³-hybridized carbons (Fsp3) is 0.0500. The second kappa shape index (κ2) is 7.18. The zero-order chi connectivity index (χ0) is 19.8. The molecule has 1 aromatic heterocycles. The number of hydrogen-bond acceptors (Lipinski definition) is 3. The van der Waals surface area contributed by atoms with Crippen molar-refractivity contribution < 1.29 is 9.18 Å². The molecule has 0 unspecified atom stereocenters. The van der Waals surface area contributed by atoms with E-state index in [2.05, 4.69) is 10.4 Å². The van der Waals surface area contributed by atoms with Crippen molar-refractivity contribution in [3.63, 3.8) is 0 Å². The van der Waals surface area contributed by atoms with Gasteiger partial charge in [0.25, 0.3) is 5.91 Å². The van der Waals surface area contributed by atoms with Crippen LogP contribution in [-0.2, 0) is 4.79 Å². The van der Waals surface area contributed by atoms with Gasteiger partial charge in [-0.15, -0.1) is 0 Å². The molecule has 1 aliphatic heterocycles. The largest absolute Gasteiger partial charge is 0.327 e. The van der Waals surface area contributed by atoms with Gasteiger partial charge in [0.15, 0.2) is 5.11 Å². The van der Waals surface area contributed by atoms with Gasteiger partial charge in [-0.25, -0.2) is 14.0 Å². The van der Waals surface area contributed by atoms with Gasteiger partial charge in [-0.05, 0) is 49.5 Å². The summed E-state index contributed by atoms with van der Waals surface area (Å²) in [6.07, 6.45) is 1.58. The summed E-state index contributed by atoms with van der Waals surface area (Å²) in [4.78, 5) is 14.0. The standard InChI is InChI=1S/C20H14ClFN4OS/c1-12-14(18(21)26(24-12)13-7-3-2-4-8-13)11-16-19(27)25(20(28)23-16)17-10-6-5-9-15(17)22/h2-11H,1H3,(H,23,28)/b16-11-. The summed E-state index contributed by atoms with van der Waals surface area (Å²) >= 11 is 11.7. The summed E-state index contributed by atoms with van der Waals surface area (Å²) < 4.78 is 15.7. The number of anilines is 1. The Hall–Kier alpha value is -3.03. The summed E-state index contributed by atoms with van der Waals surface area (Å²) in [6.45, 7) is 1.80. The smallest absolute Gasteiger partial charge is 0.281 e. The first-order chi connectivity index (χ1) is 13.5. The van der Waals surface area contributed by atoms with Crippen molar-refractivity contribution in [2.45, 2.75) is 6.92 Å². The predicted octanol–water partition coefficient (Wildman–Crippen LogP) is 4.24. The Morgan fingerprint density at radius 3 is 2.54 bits per heavy atom. The van der Waals surface area contributed by atoms with Crippen molar-refractivity contribution in [2.24, 2.45) is 0 Å². The fourth-order valence-electron chi connectivity index (χ4n) is 2.95. The molecule has 5 nitrogen and oxygen atoms in total. The van der Waals surface area contributed by atoms with Crippen LogP contribution in [0.1, 0.15) is 11.3 Å². The fourth-order valence-corrected chi connectivity index (χ4v) is 3.56. The minimum atomic E-state index is -0.535. The number of amides is 1. The minimum Gasteiger partial charge on any atom is -0.327 e. The van der Waals surface area contributed by atoms with Crippen molar-refractivity contribution in [1.29, 1.82) is 0 Å². The van der Waals surface area contributed by atoms with E-state index in [1.54, 1.807) is 29.8 Å². The molecule has 1 amide bonds. The highest BCUT2D eigenvalue weighted by Gasteiger charge is 2.34. The third-order valence-corrected chi connectivity index (χ3v) is 4.96. The van der Waals surface area contributed by atoms with Crippen LogP contribution in [0.3, 0.4) is 0 Å². The monoisotopic (exact) mass is 412 g/mol. The normalized spacial score (nSPS) is 15.4. The molecular weight excluding hydrogens is 399 g/mol. The predicted molar refractivity (Wildman–Crippen MR) is 111 cm³/mol. The molecule has 140 valence electrons. The molecule has 1 saturated heterocycles. The van der Waals surface area contributed by atoms with E-state index >= 15 is 0 Å². The van der Waals surface area contributed by atoms with E-state index in [1.807, 2.05) is 30.3 Å². The topological polar surface area (TPSA) is 50.2 Å². The van der Waals surface area contributed by atoms with E-state index in [0.29, 0.717) is 16.4 Å². The van der Waals surface area contributed by atoms with E-state index in [1.165, 1.54) is 12.1 Å². The van der Waals surface area contributed by atoms with Crippen LogP contribution in [0.5, 0.6) is 0 Å². The Morgan fingerprint density at radius 1 is 1.14 bits per heavy atom. The van der Waals surface area contributed by atoms with Gasteiger partial charge in [0.1, 0.15) is 16.7 Å². The first-order valence-corrected chi connectivity index (χ1v) is 9.18. The molecule has 0 saturated carbocycles. The van der Waals surface area contributed by atoms with E-state index in [-0.39, 0.29) is 16.5 Å². The lowest BCUT2D eigenvalue weighted by molar-refractivity contribution is -0.113. The van der Waals surface area contributed by atoms with Gasteiger partial charge in [-0.1, -0.05) is 41.9 Å². The average Bonchev–Trinajstić information content (AvgIpc) is 3.13. The lowest BCUT2D eigenvalue weighted by Crippen LogP contribution is -2.31. The van der Waals surface area contributed by atoms with Gasteiger partial charge in [-0.3, -0.25) is 4.79 Å². The van der Waals surface area contributed by atoms with Gasteiger partial charge in [0.05, 0.1) is 17.1 Å². The van der Waals surface area contributed by atoms with Gasteiger partial charge in [0.2, 0.25) is 0 Å². The number of para-hydroxylation sites is 2. The highest BCUT2D eigenvalue weighted by molar-refractivity contribution is 7.80. The SMILES string of the molecule is Cc1nn(-c2ccccc2)c(Cl)c1/C=C1\NC(=S)N(c2ccccc2F)C1=O. The number of benzene rings is 2. The van der Waals surface area contributed by atoms with E-state index < -0.39 is 11.7 Å². The average molecular weight is 413 g/mol. The molecule has 2 aromatic carbocycles. The Labute approximate surface area is 171 Å². The number of halogens is 2. The third kappa shape index (κ3) is 3.08. The maximum atomic E-state index is 14.1. The molecular formula is C20H14ClFN4OS. The first kappa shape index (κ1) is 18.3. The summed E-state index contributed by atoms with van der Waals surface area (Å²) in [5.41, 5.74) is 2.32. The summed E-state index contributed by atoms with van der Waals surface area (Å²) in [7, 11) is 0. The van der Waals surface area contributed by atoms with Crippen LogP contribution in [0.4, 0.5) is 10.1 Å². The van der Waals surface area contributed by atoms with Crippen molar-refractivity contribution in [3.05, 3.63) is 82.5 Å². The van der Waals surface area contributed by atoms with Crippen molar-refractivity contribution in [1.82, 2.24) is 15.1 Å². The van der Waals surface area contributed by atoms with Crippen LogP contribution in [0.25, 0.3) is 11.8 Å². The molecule has 1 fully saturated rings. The molecule has 0 spiro atoms. The minimum absolute atomic E-state index is 0.0937. The molecule has 0 aliphatic carbocycles. The quantitative estimate of drug-likeness (QED) is 0.516. The number of carbonyl (C=O) groups excluding carboxylic acids is 1. The second-order valence-electron chi connectivity index (χ2n) is 6.12. The van der Waals surface area contributed by atoms with Crippen LogP contribution in [0.15, 0.2) is 60.3 Å². The summed E-state index contributed by atoms with van der Waals surface area (Å²) in [5.74, 6) is -0.995. The van der Waals surface area contributed by atoms with Crippen LogP contribution in [0.2, 0.25) is 5.15 Å². The van der Waals surface area contributed by atoms with Gasteiger partial charge in [-0.2, -0.15) is 5.10 Å². The van der Waals surface area contributed by atoms with Gasteiger partial charge < -0.3 is 5.32 Å². The Balaban J connectivity index is 1.73. The number of thiocarbonyl (C=S) groups is 1. The summed E-state index contributed by atoms with van der Waals surface area (Å²) in [6, 6.07) is 15.4. The number of hydrogen-bond donors (Lipinski definition) is 1.